The summed E-state index contributed by atoms with van der Waals surface area (Å²) in [5, 5.41) is 0. The Hall–Kier alpha value is -1.82. The van der Waals surface area contributed by atoms with E-state index in [2.05, 4.69) is 10.7 Å². The van der Waals surface area contributed by atoms with Gasteiger partial charge in [-0.15, -0.1) is 6.42 Å². The van der Waals surface area contributed by atoms with E-state index in [1.165, 1.54) is 18.2 Å². The number of carbonyl (C=O) groups is 1. The smallest absolute Gasteiger partial charge is 0.339 e. The van der Waals surface area contributed by atoms with Crippen LogP contribution in [0.4, 0.5) is 4.39 Å². The number of esters is 1. The number of halogens is 1. The molecule has 0 aromatic heterocycles. The van der Waals surface area contributed by atoms with Crippen LogP contribution in [-0.4, -0.2) is 12.6 Å². The quantitative estimate of drug-likeness (QED) is 0.508. The average Bonchev–Trinajstić information content (AvgIpc) is 2.14. The predicted octanol–water partition coefficient (Wildman–Crippen LogP) is 1.62. The van der Waals surface area contributed by atoms with Crippen LogP contribution in [-0.2, 0) is 4.74 Å². The van der Waals surface area contributed by atoms with Crippen molar-refractivity contribution in [3.63, 3.8) is 0 Å². The molecule has 1 rings (SSSR count). The summed E-state index contributed by atoms with van der Waals surface area (Å²) in [6, 6.07) is 5.24. The summed E-state index contributed by atoms with van der Waals surface area (Å²) in [5.74, 6) is 1.06. The first-order chi connectivity index (χ1) is 6.24. The molecule has 0 atom stereocenters. The maximum absolute atomic E-state index is 12.6. The Kier molecular flexibility index (Phi) is 3.04. The van der Waals surface area contributed by atoms with Gasteiger partial charge in [-0.3, -0.25) is 0 Å². The number of hydrogen-bond acceptors (Lipinski definition) is 2. The summed E-state index contributed by atoms with van der Waals surface area (Å²) in [5.41, 5.74) is 0.162. The molecule has 0 saturated carbocycles. The zero-order chi connectivity index (χ0) is 9.68. The summed E-state index contributed by atoms with van der Waals surface area (Å²) >= 11 is 0. The van der Waals surface area contributed by atoms with E-state index in [1.54, 1.807) is 0 Å². The number of ether oxygens (including phenoxy) is 1. The van der Waals surface area contributed by atoms with Crippen LogP contribution in [0.5, 0.6) is 0 Å². The lowest BCUT2D eigenvalue weighted by atomic mass is 10.2. The number of rotatable bonds is 2. The topological polar surface area (TPSA) is 26.3 Å². The fourth-order valence-corrected chi connectivity index (χ4v) is 0.806. The molecule has 0 spiro atoms. The third-order valence-corrected chi connectivity index (χ3v) is 1.35. The second-order valence-corrected chi connectivity index (χ2v) is 2.29. The fourth-order valence-electron chi connectivity index (χ4n) is 0.806. The zero-order valence-corrected chi connectivity index (χ0v) is 6.79. The van der Waals surface area contributed by atoms with Crippen LogP contribution in [0.2, 0.25) is 0 Å². The molecule has 3 heteroatoms. The minimum atomic E-state index is -0.613. The van der Waals surface area contributed by atoms with Crippen molar-refractivity contribution in [3.05, 3.63) is 35.6 Å². The first-order valence-electron chi connectivity index (χ1n) is 3.60. The Balaban J connectivity index is 2.72. The van der Waals surface area contributed by atoms with Gasteiger partial charge in [-0.25, -0.2) is 9.18 Å². The van der Waals surface area contributed by atoms with Gasteiger partial charge in [-0.05, 0) is 18.2 Å². The van der Waals surface area contributed by atoms with E-state index < -0.39 is 11.8 Å². The van der Waals surface area contributed by atoms with E-state index in [1.807, 2.05) is 0 Å². The molecule has 1 aromatic rings. The number of hydrogen-bond donors (Lipinski definition) is 0. The van der Waals surface area contributed by atoms with Crippen molar-refractivity contribution in [3.8, 4) is 12.3 Å². The van der Waals surface area contributed by atoms with Gasteiger partial charge in [-0.1, -0.05) is 12.0 Å². The van der Waals surface area contributed by atoms with E-state index in [-0.39, 0.29) is 12.2 Å². The standard InChI is InChI=1S/C10H7FO2/c1-2-6-13-10(12)8-4-3-5-9(11)7-8/h1,3-5,7H,6H2. The highest BCUT2D eigenvalue weighted by Gasteiger charge is 2.06. The summed E-state index contributed by atoms with van der Waals surface area (Å²) in [6.45, 7) is -0.102. The van der Waals surface area contributed by atoms with Gasteiger partial charge >= 0.3 is 5.97 Å². The van der Waals surface area contributed by atoms with Gasteiger partial charge in [0, 0.05) is 0 Å². The number of carbonyl (C=O) groups excluding carboxylic acids is 1. The molecular weight excluding hydrogens is 171 g/mol. The molecule has 0 aliphatic carbocycles. The van der Waals surface area contributed by atoms with Crippen molar-refractivity contribution < 1.29 is 13.9 Å². The van der Waals surface area contributed by atoms with Gasteiger partial charge in [-0.2, -0.15) is 0 Å². The SMILES string of the molecule is C#CCOC(=O)c1cccc(F)c1. The molecule has 1 aromatic carbocycles. The number of terminal acetylenes is 1. The molecular formula is C10H7FO2. The fraction of sp³-hybridized carbons (Fsp3) is 0.100. The van der Waals surface area contributed by atoms with Crippen LogP contribution in [0.15, 0.2) is 24.3 Å². The largest absolute Gasteiger partial charge is 0.449 e. The van der Waals surface area contributed by atoms with Gasteiger partial charge in [0.05, 0.1) is 5.56 Å². The summed E-state index contributed by atoms with van der Waals surface area (Å²) in [6.07, 6.45) is 4.88. The molecule has 0 bridgehead atoms. The summed E-state index contributed by atoms with van der Waals surface area (Å²) in [4.78, 5) is 11.1. The second-order valence-electron chi connectivity index (χ2n) is 2.29. The van der Waals surface area contributed by atoms with Crippen molar-refractivity contribution >= 4 is 5.97 Å². The van der Waals surface area contributed by atoms with Crippen molar-refractivity contribution in [2.45, 2.75) is 0 Å². The van der Waals surface area contributed by atoms with Gasteiger partial charge < -0.3 is 4.74 Å². The lowest BCUT2D eigenvalue weighted by Crippen LogP contribution is -2.05. The van der Waals surface area contributed by atoms with E-state index >= 15 is 0 Å². The summed E-state index contributed by atoms with van der Waals surface area (Å²) in [7, 11) is 0. The highest BCUT2D eigenvalue weighted by Crippen LogP contribution is 2.04. The molecule has 0 saturated heterocycles. The Bertz CT molecular complexity index is 352. The van der Waals surface area contributed by atoms with Gasteiger partial charge in [0.15, 0.2) is 6.61 Å². The van der Waals surface area contributed by atoms with E-state index in [4.69, 9.17) is 6.42 Å². The normalized spacial score (nSPS) is 8.92. The second kappa shape index (κ2) is 4.27. The van der Waals surface area contributed by atoms with E-state index in [0.717, 1.165) is 6.07 Å². The van der Waals surface area contributed by atoms with Gasteiger partial charge in [0.25, 0.3) is 0 Å². The van der Waals surface area contributed by atoms with Crippen molar-refractivity contribution in [1.29, 1.82) is 0 Å². The molecule has 0 amide bonds. The summed E-state index contributed by atoms with van der Waals surface area (Å²) < 4.78 is 17.2. The van der Waals surface area contributed by atoms with Crippen molar-refractivity contribution in [2.75, 3.05) is 6.61 Å². The van der Waals surface area contributed by atoms with Crippen LogP contribution < -0.4 is 0 Å². The van der Waals surface area contributed by atoms with E-state index in [9.17, 15) is 9.18 Å². The molecule has 0 fully saturated rings. The van der Waals surface area contributed by atoms with E-state index in [0.29, 0.717) is 0 Å². The lowest BCUT2D eigenvalue weighted by molar-refractivity contribution is 0.0556. The van der Waals surface area contributed by atoms with Crippen LogP contribution in [0, 0.1) is 18.2 Å². The molecule has 13 heavy (non-hydrogen) atoms. The number of benzene rings is 1. The van der Waals surface area contributed by atoms with Crippen LogP contribution >= 0.6 is 0 Å². The highest BCUT2D eigenvalue weighted by atomic mass is 19.1. The Labute approximate surface area is 75.3 Å². The average molecular weight is 178 g/mol. The molecule has 0 aliphatic heterocycles. The zero-order valence-electron chi connectivity index (χ0n) is 6.79. The third kappa shape index (κ3) is 2.60. The van der Waals surface area contributed by atoms with Crippen LogP contribution in [0.25, 0.3) is 0 Å². The molecule has 0 aliphatic rings. The first-order valence-corrected chi connectivity index (χ1v) is 3.60. The van der Waals surface area contributed by atoms with Crippen LogP contribution in [0.3, 0.4) is 0 Å². The minimum Gasteiger partial charge on any atom is -0.449 e. The monoisotopic (exact) mass is 178 g/mol. The van der Waals surface area contributed by atoms with Gasteiger partial charge in [0.1, 0.15) is 5.82 Å². The molecule has 2 nitrogen and oxygen atoms in total. The van der Waals surface area contributed by atoms with Crippen molar-refractivity contribution in [2.24, 2.45) is 0 Å². The minimum absolute atomic E-state index is 0.102. The molecule has 0 N–H and O–H groups in total. The van der Waals surface area contributed by atoms with Crippen molar-refractivity contribution in [1.82, 2.24) is 0 Å². The lowest BCUT2D eigenvalue weighted by Gasteiger charge is -1.99. The predicted molar refractivity (Wildman–Crippen MR) is 45.5 cm³/mol. The Morgan fingerprint density at radius 1 is 1.62 bits per heavy atom. The maximum atomic E-state index is 12.6. The Morgan fingerprint density at radius 3 is 3.00 bits per heavy atom. The third-order valence-electron chi connectivity index (χ3n) is 1.35. The first kappa shape index (κ1) is 9.27. The molecule has 66 valence electrons. The van der Waals surface area contributed by atoms with Gasteiger partial charge in [0.2, 0.25) is 0 Å². The van der Waals surface area contributed by atoms with Crippen LogP contribution in [0.1, 0.15) is 10.4 Å². The molecule has 0 heterocycles. The molecule has 0 radical (unpaired) electrons. The molecule has 0 unspecified atom stereocenters. The maximum Gasteiger partial charge on any atom is 0.339 e. The highest BCUT2D eigenvalue weighted by molar-refractivity contribution is 5.89. The Morgan fingerprint density at radius 2 is 2.38 bits per heavy atom.